The Hall–Kier alpha value is -2.28. The van der Waals surface area contributed by atoms with Crippen LogP contribution in [0.1, 0.15) is 33.5 Å². The lowest BCUT2D eigenvalue weighted by atomic mass is 10.1. The molecule has 1 heterocycles. The number of aromatic nitrogens is 1. The molecule has 1 aromatic rings. The molecule has 0 saturated carbocycles. The van der Waals surface area contributed by atoms with E-state index in [0.29, 0.717) is 6.92 Å². The lowest BCUT2D eigenvalue weighted by Crippen LogP contribution is -2.51. The number of hydrogen-bond donors (Lipinski definition) is 4. The molecule has 0 fully saturated rings. The molecule has 1 aromatic heterocycles. The minimum Gasteiger partial charge on any atom is -0.476 e. The van der Waals surface area contributed by atoms with Gasteiger partial charge in [-0.1, -0.05) is 11.6 Å². The number of nitrogens with two attached hydrogens (primary N) is 1. The number of hydrogen-bond acceptors (Lipinski definition) is 5. The second-order valence-electron chi connectivity index (χ2n) is 5.17. The highest BCUT2D eigenvalue weighted by Crippen LogP contribution is 2.40. The molecule has 0 aliphatic rings. The van der Waals surface area contributed by atoms with Gasteiger partial charge < -0.3 is 21.3 Å². The van der Waals surface area contributed by atoms with Gasteiger partial charge in [0.2, 0.25) is 0 Å². The fraction of sp³-hybridized carbons (Fsp3) is 0.417. The van der Waals surface area contributed by atoms with Crippen LogP contribution in [0.5, 0.6) is 0 Å². The van der Waals surface area contributed by atoms with Crippen LogP contribution in [0.3, 0.4) is 0 Å². The first-order chi connectivity index (χ1) is 11.5. The van der Waals surface area contributed by atoms with Crippen LogP contribution in [-0.4, -0.2) is 45.4 Å². The van der Waals surface area contributed by atoms with Crippen LogP contribution in [-0.2, 0) is 6.18 Å². The molecule has 14 heteroatoms. The van der Waals surface area contributed by atoms with Crippen LogP contribution >= 0.6 is 11.6 Å². The van der Waals surface area contributed by atoms with Crippen molar-refractivity contribution in [2.45, 2.75) is 24.9 Å². The molecule has 0 spiro atoms. The predicted octanol–water partition coefficient (Wildman–Crippen LogP) is 2.08. The number of alkyl halides is 6. The van der Waals surface area contributed by atoms with Crippen molar-refractivity contribution in [2.75, 3.05) is 12.3 Å². The zero-order valence-corrected chi connectivity index (χ0v) is 13.3. The number of carboxylic acid groups (broad SMARTS) is 1. The van der Waals surface area contributed by atoms with E-state index in [2.05, 4.69) is 4.98 Å². The Balaban J connectivity index is 3.34. The summed E-state index contributed by atoms with van der Waals surface area (Å²) in [5.41, 5.74) is -3.94. The summed E-state index contributed by atoms with van der Waals surface area (Å²) in [6.07, 6.45) is -10.4. The SMILES string of the molecule is CC(O)(CNC(=O)c1nc(C(=O)O)c(C(F)(F)F)c(Cl)c1N)C(F)(F)F. The van der Waals surface area contributed by atoms with Crippen LogP contribution in [0.4, 0.5) is 32.0 Å². The zero-order chi connectivity index (χ0) is 20.7. The summed E-state index contributed by atoms with van der Waals surface area (Å²) in [4.78, 5) is 25.8. The fourth-order valence-electron chi connectivity index (χ4n) is 1.59. The Labute approximate surface area is 145 Å². The Kier molecular flexibility index (Phi) is 5.69. The molecule has 7 nitrogen and oxygen atoms in total. The number of anilines is 1. The number of pyridine rings is 1. The topological polar surface area (TPSA) is 126 Å². The van der Waals surface area contributed by atoms with E-state index in [0.717, 1.165) is 0 Å². The summed E-state index contributed by atoms with van der Waals surface area (Å²) >= 11 is 5.38. The highest BCUT2D eigenvalue weighted by molar-refractivity contribution is 6.35. The molecular formula is C12H10ClF6N3O4. The van der Waals surface area contributed by atoms with Gasteiger partial charge in [0.1, 0.15) is 5.56 Å². The molecule has 5 N–H and O–H groups in total. The number of carbonyl (C=O) groups is 2. The van der Waals surface area contributed by atoms with Crippen LogP contribution in [0.15, 0.2) is 0 Å². The molecule has 26 heavy (non-hydrogen) atoms. The molecule has 0 aromatic carbocycles. The number of nitrogen functional groups attached to an aromatic ring is 1. The van der Waals surface area contributed by atoms with Gasteiger partial charge in [-0.3, -0.25) is 4.79 Å². The summed E-state index contributed by atoms with van der Waals surface area (Å²) in [5.74, 6) is -3.76. The molecule has 146 valence electrons. The highest BCUT2D eigenvalue weighted by atomic mass is 35.5. The van der Waals surface area contributed by atoms with Crippen molar-refractivity contribution in [1.29, 1.82) is 0 Å². The maximum Gasteiger partial charge on any atom is 0.420 e. The smallest absolute Gasteiger partial charge is 0.420 e. The van der Waals surface area contributed by atoms with E-state index in [1.54, 1.807) is 5.32 Å². The van der Waals surface area contributed by atoms with Gasteiger partial charge in [-0.2, -0.15) is 26.3 Å². The van der Waals surface area contributed by atoms with E-state index < -0.39 is 64.0 Å². The Morgan fingerprint density at radius 3 is 2.08 bits per heavy atom. The van der Waals surface area contributed by atoms with Crippen LogP contribution in [0.2, 0.25) is 5.02 Å². The Bertz CT molecular complexity index is 748. The summed E-state index contributed by atoms with van der Waals surface area (Å²) in [6, 6.07) is 0. The van der Waals surface area contributed by atoms with Crippen LogP contribution < -0.4 is 11.1 Å². The third kappa shape index (κ3) is 4.27. The molecule has 0 radical (unpaired) electrons. The predicted molar refractivity (Wildman–Crippen MR) is 74.6 cm³/mol. The number of halogens is 7. The number of carbonyl (C=O) groups excluding carboxylic acids is 1. The molecule has 0 saturated heterocycles. The summed E-state index contributed by atoms with van der Waals surface area (Å²) in [5, 5.41) is 18.2. The molecule has 1 amide bonds. The number of rotatable bonds is 4. The maximum atomic E-state index is 12.9. The van der Waals surface area contributed by atoms with Crippen LogP contribution in [0, 0.1) is 0 Å². The average Bonchev–Trinajstić information content (AvgIpc) is 2.44. The Morgan fingerprint density at radius 1 is 1.19 bits per heavy atom. The Morgan fingerprint density at radius 2 is 1.69 bits per heavy atom. The van der Waals surface area contributed by atoms with Gasteiger partial charge in [0.25, 0.3) is 5.91 Å². The lowest BCUT2D eigenvalue weighted by molar-refractivity contribution is -0.249. The maximum absolute atomic E-state index is 12.9. The number of nitrogens with one attached hydrogen (secondary N) is 1. The van der Waals surface area contributed by atoms with Gasteiger partial charge in [0, 0.05) is 0 Å². The second kappa shape index (κ2) is 6.79. The van der Waals surface area contributed by atoms with Crippen molar-refractivity contribution in [3.8, 4) is 0 Å². The summed E-state index contributed by atoms with van der Waals surface area (Å²) in [7, 11) is 0. The van der Waals surface area contributed by atoms with E-state index in [1.165, 1.54) is 0 Å². The van der Waals surface area contributed by atoms with Gasteiger partial charge >= 0.3 is 18.3 Å². The summed E-state index contributed by atoms with van der Waals surface area (Å²) < 4.78 is 76.3. The van der Waals surface area contributed by atoms with Crippen molar-refractivity contribution in [2.24, 2.45) is 0 Å². The molecule has 1 unspecified atom stereocenters. The highest BCUT2D eigenvalue weighted by Gasteiger charge is 2.50. The molecule has 1 rings (SSSR count). The number of aromatic carboxylic acids is 1. The number of nitrogens with zero attached hydrogens (tertiary/aromatic N) is 1. The first-order valence-electron chi connectivity index (χ1n) is 6.37. The fourth-order valence-corrected chi connectivity index (χ4v) is 1.88. The second-order valence-corrected chi connectivity index (χ2v) is 5.55. The van der Waals surface area contributed by atoms with Gasteiger partial charge in [-0.25, -0.2) is 9.78 Å². The number of aliphatic hydroxyl groups is 1. The van der Waals surface area contributed by atoms with E-state index >= 15 is 0 Å². The largest absolute Gasteiger partial charge is 0.476 e. The zero-order valence-electron chi connectivity index (χ0n) is 12.6. The van der Waals surface area contributed by atoms with Crippen molar-refractivity contribution >= 4 is 29.2 Å². The third-order valence-electron chi connectivity index (χ3n) is 3.08. The average molecular weight is 410 g/mol. The number of carboxylic acids is 1. The molecule has 0 aliphatic carbocycles. The van der Waals surface area contributed by atoms with E-state index in [4.69, 9.17) is 22.4 Å². The standard InChI is InChI=1S/C12H10ClF6N3O4/c1-10(26,12(17,18)19)2-21-8(23)7-5(20)4(13)3(11(14,15)16)6(22-7)9(24)25/h26H,2,20H2,1H3,(H,21,23)(H,24,25). The normalized spacial score (nSPS) is 14.7. The van der Waals surface area contributed by atoms with Gasteiger partial charge in [-0.15, -0.1) is 0 Å². The molecule has 0 bridgehead atoms. The van der Waals surface area contributed by atoms with Gasteiger partial charge in [0.05, 0.1) is 17.3 Å². The van der Waals surface area contributed by atoms with Crippen molar-refractivity contribution in [1.82, 2.24) is 10.3 Å². The first kappa shape index (κ1) is 21.8. The lowest BCUT2D eigenvalue weighted by Gasteiger charge is -2.26. The van der Waals surface area contributed by atoms with Crippen molar-refractivity contribution < 1.29 is 46.1 Å². The van der Waals surface area contributed by atoms with E-state index in [1.807, 2.05) is 0 Å². The third-order valence-corrected chi connectivity index (χ3v) is 3.47. The van der Waals surface area contributed by atoms with Crippen molar-refractivity contribution in [3.05, 3.63) is 22.0 Å². The minimum atomic E-state index is -5.28. The quantitative estimate of drug-likeness (QED) is 0.564. The number of amides is 1. The minimum absolute atomic E-state index is 0.326. The molecule has 1 atom stereocenters. The molecule has 0 aliphatic heterocycles. The van der Waals surface area contributed by atoms with E-state index in [9.17, 15) is 41.0 Å². The molecular weight excluding hydrogens is 400 g/mol. The van der Waals surface area contributed by atoms with Crippen molar-refractivity contribution in [3.63, 3.8) is 0 Å². The van der Waals surface area contributed by atoms with Gasteiger partial charge in [-0.05, 0) is 6.92 Å². The monoisotopic (exact) mass is 409 g/mol. The van der Waals surface area contributed by atoms with Crippen LogP contribution in [0.25, 0.3) is 0 Å². The van der Waals surface area contributed by atoms with E-state index in [-0.39, 0.29) is 0 Å². The first-order valence-corrected chi connectivity index (χ1v) is 6.75. The van der Waals surface area contributed by atoms with Gasteiger partial charge in [0.15, 0.2) is 17.0 Å². The summed E-state index contributed by atoms with van der Waals surface area (Å²) in [6.45, 7) is -1.08.